The highest BCUT2D eigenvalue weighted by molar-refractivity contribution is 5.88. The minimum Gasteiger partial charge on any atom is -0.478 e. The normalized spacial score (nSPS) is 13.5. The van der Waals surface area contributed by atoms with Crippen molar-refractivity contribution in [1.82, 2.24) is 15.1 Å². The van der Waals surface area contributed by atoms with E-state index in [-0.39, 0.29) is 23.6 Å². The Hall–Kier alpha value is -1.40. The molecule has 0 saturated carbocycles. The molecule has 0 amide bonds. The highest BCUT2D eigenvalue weighted by Gasteiger charge is 2.24. The lowest BCUT2D eigenvalue weighted by molar-refractivity contribution is 0.0695. The molecular formula is C13H23N3O3. The zero-order chi connectivity index (χ0) is 14.6. The number of aliphatic hydroxyl groups excluding tert-OH is 1. The molecular weight excluding hydrogens is 246 g/mol. The molecule has 0 aliphatic carbocycles. The molecule has 6 heteroatoms. The fourth-order valence-electron chi connectivity index (χ4n) is 2.04. The highest BCUT2D eigenvalue weighted by Crippen LogP contribution is 2.22. The minimum atomic E-state index is -0.973. The third-order valence-electron chi connectivity index (χ3n) is 3.27. The smallest absolute Gasteiger partial charge is 0.339 e. The molecule has 0 fully saturated rings. The molecule has 1 aromatic heterocycles. The summed E-state index contributed by atoms with van der Waals surface area (Å²) >= 11 is 0. The van der Waals surface area contributed by atoms with Crippen LogP contribution in [0.2, 0.25) is 0 Å². The fraction of sp³-hybridized carbons (Fsp3) is 0.692. The lowest BCUT2D eigenvalue weighted by atomic mass is 9.85. The van der Waals surface area contributed by atoms with Gasteiger partial charge in [0.15, 0.2) is 0 Å². The van der Waals surface area contributed by atoms with E-state index < -0.39 is 5.97 Å². The molecule has 1 heterocycles. The molecule has 0 aliphatic rings. The van der Waals surface area contributed by atoms with Gasteiger partial charge in [-0.3, -0.25) is 4.68 Å². The van der Waals surface area contributed by atoms with Gasteiger partial charge < -0.3 is 15.5 Å². The van der Waals surface area contributed by atoms with Gasteiger partial charge in [-0.25, -0.2) is 4.79 Å². The summed E-state index contributed by atoms with van der Waals surface area (Å²) in [5, 5.41) is 25.5. The van der Waals surface area contributed by atoms with Gasteiger partial charge in [0.2, 0.25) is 0 Å². The van der Waals surface area contributed by atoms with Crippen LogP contribution >= 0.6 is 0 Å². The van der Waals surface area contributed by atoms with Crippen LogP contribution in [0, 0.1) is 5.41 Å². The van der Waals surface area contributed by atoms with Gasteiger partial charge >= 0.3 is 5.97 Å². The standard InChI is InChI=1S/C13H23N3O3/c1-13(2,3)11(5-6-17)14-8-10-9(12(18)19)7-15-16(10)4/h7,11,14,17H,5-6,8H2,1-4H3,(H,18,19). The molecule has 3 N–H and O–H groups in total. The van der Waals surface area contributed by atoms with Crippen LogP contribution < -0.4 is 5.32 Å². The van der Waals surface area contributed by atoms with Gasteiger partial charge in [-0.2, -0.15) is 5.10 Å². The Morgan fingerprint density at radius 2 is 2.16 bits per heavy atom. The summed E-state index contributed by atoms with van der Waals surface area (Å²) in [4.78, 5) is 11.1. The summed E-state index contributed by atoms with van der Waals surface area (Å²) in [7, 11) is 1.72. The van der Waals surface area contributed by atoms with Crippen molar-refractivity contribution in [3.05, 3.63) is 17.5 Å². The van der Waals surface area contributed by atoms with E-state index in [1.54, 1.807) is 11.7 Å². The summed E-state index contributed by atoms with van der Waals surface area (Å²) in [5.74, 6) is -0.973. The summed E-state index contributed by atoms with van der Waals surface area (Å²) in [5.41, 5.74) is 0.844. The first-order valence-electron chi connectivity index (χ1n) is 6.35. The van der Waals surface area contributed by atoms with E-state index in [0.717, 1.165) is 0 Å². The number of rotatable bonds is 6. The molecule has 19 heavy (non-hydrogen) atoms. The Labute approximate surface area is 113 Å². The van der Waals surface area contributed by atoms with Crippen LogP contribution in [0.5, 0.6) is 0 Å². The molecule has 0 aliphatic heterocycles. The molecule has 0 radical (unpaired) electrons. The van der Waals surface area contributed by atoms with Crippen LogP contribution in [-0.4, -0.2) is 38.6 Å². The summed E-state index contributed by atoms with van der Waals surface area (Å²) in [6.45, 7) is 6.78. The first kappa shape index (κ1) is 15.7. The SMILES string of the molecule is Cn1ncc(C(=O)O)c1CNC(CCO)C(C)(C)C. The van der Waals surface area contributed by atoms with Crippen molar-refractivity contribution in [2.75, 3.05) is 6.61 Å². The molecule has 0 aromatic carbocycles. The number of aromatic nitrogens is 2. The largest absolute Gasteiger partial charge is 0.478 e. The van der Waals surface area contributed by atoms with E-state index in [0.29, 0.717) is 18.7 Å². The van der Waals surface area contributed by atoms with Crippen molar-refractivity contribution in [1.29, 1.82) is 0 Å². The van der Waals surface area contributed by atoms with Crippen molar-refractivity contribution >= 4 is 5.97 Å². The number of nitrogens with one attached hydrogen (secondary N) is 1. The first-order valence-corrected chi connectivity index (χ1v) is 6.35. The minimum absolute atomic E-state index is 0.00922. The number of aryl methyl sites for hydroxylation is 1. The van der Waals surface area contributed by atoms with Gasteiger partial charge in [-0.1, -0.05) is 20.8 Å². The predicted molar refractivity (Wildman–Crippen MR) is 72.0 cm³/mol. The lowest BCUT2D eigenvalue weighted by Gasteiger charge is -2.31. The van der Waals surface area contributed by atoms with Crippen molar-refractivity contribution in [3.8, 4) is 0 Å². The first-order chi connectivity index (χ1) is 8.77. The number of carboxylic acids is 1. The maximum Gasteiger partial charge on any atom is 0.339 e. The number of carbonyl (C=O) groups is 1. The van der Waals surface area contributed by atoms with Crippen LogP contribution in [0.3, 0.4) is 0 Å². The van der Waals surface area contributed by atoms with Crippen LogP contribution in [-0.2, 0) is 13.6 Å². The number of carboxylic acid groups (broad SMARTS) is 1. The topological polar surface area (TPSA) is 87.4 Å². The maximum atomic E-state index is 11.1. The summed E-state index contributed by atoms with van der Waals surface area (Å²) < 4.78 is 1.56. The summed E-state index contributed by atoms with van der Waals surface area (Å²) in [6.07, 6.45) is 1.99. The predicted octanol–water partition coefficient (Wildman–Crippen LogP) is 1.00. The van der Waals surface area contributed by atoms with Crippen molar-refractivity contribution in [2.24, 2.45) is 12.5 Å². The number of aromatic carboxylic acids is 1. The van der Waals surface area contributed by atoms with Crippen molar-refractivity contribution in [2.45, 2.75) is 39.8 Å². The average Bonchev–Trinajstić information content (AvgIpc) is 2.64. The zero-order valence-electron chi connectivity index (χ0n) is 12.0. The van der Waals surface area contributed by atoms with E-state index in [1.165, 1.54) is 6.20 Å². The van der Waals surface area contributed by atoms with Crippen molar-refractivity contribution < 1.29 is 15.0 Å². The van der Waals surface area contributed by atoms with E-state index in [9.17, 15) is 4.79 Å². The van der Waals surface area contributed by atoms with Crippen molar-refractivity contribution in [3.63, 3.8) is 0 Å². The Morgan fingerprint density at radius 1 is 1.53 bits per heavy atom. The van der Waals surface area contributed by atoms with E-state index in [1.807, 2.05) is 0 Å². The second-order valence-electron chi connectivity index (χ2n) is 5.75. The number of nitrogens with zero attached hydrogens (tertiary/aromatic N) is 2. The van der Waals surface area contributed by atoms with Gasteiger partial charge in [0.05, 0.1) is 11.9 Å². The van der Waals surface area contributed by atoms with E-state index in [4.69, 9.17) is 10.2 Å². The molecule has 1 unspecified atom stereocenters. The Kier molecular flexibility index (Phi) is 5.08. The van der Waals surface area contributed by atoms with Crippen LogP contribution in [0.15, 0.2) is 6.20 Å². The number of aliphatic hydroxyl groups is 1. The summed E-state index contributed by atoms with van der Waals surface area (Å²) in [6, 6.07) is 0.106. The molecule has 0 saturated heterocycles. The molecule has 1 aromatic rings. The van der Waals surface area contributed by atoms with Gasteiger partial charge in [-0.05, 0) is 11.8 Å². The quantitative estimate of drug-likeness (QED) is 0.717. The lowest BCUT2D eigenvalue weighted by Crippen LogP contribution is -2.41. The Balaban J connectivity index is 2.80. The molecule has 1 rings (SSSR count). The van der Waals surface area contributed by atoms with E-state index >= 15 is 0 Å². The van der Waals surface area contributed by atoms with Crippen LogP contribution in [0.1, 0.15) is 43.2 Å². The number of hydrogen-bond acceptors (Lipinski definition) is 4. The van der Waals surface area contributed by atoms with Gasteiger partial charge in [0, 0.05) is 26.2 Å². The van der Waals surface area contributed by atoms with Gasteiger partial charge in [0.1, 0.15) is 5.56 Å². The zero-order valence-corrected chi connectivity index (χ0v) is 12.0. The average molecular weight is 269 g/mol. The van der Waals surface area contributed by atoms with Crippen LogP contribution in [0.4, 0.5) is 0 Å². The molecule has 108 valence electrons. The van der Waals surface area contributed by atoms with Gasteiger partial charge in [-0.15, -0.1) is 0 Å². The fourth-order valence-corrected chi connectivity index (χ4v) is 2.04. The third kappa shape index (κ3) is 4.04. The molecule has 0 bridgehead atoms. The second-order valence-corrected chi connectivity index (χ2v) is 5.75. The molecule has 0 spiro atoms. The Bertz CT molecular complexity index is 435. The molecule has 1 atom stereocenters. The van der Waals surface area contributed by atoms with Gasteiger partial charge in [0.25, 0.3) is 0 Å². The molecule has 6 nitrogen and oxygen atoms in total. The third-order valence-corrected chi connectivity index (χ3v) is 3.27. The monoisotopic (exact) mass is 269 g/mol. The maximum absolute atomic E-state index is 11.1. The Morgan fingerprint density at radius 3 is 2.63 bits per heavy atom. The highest BCUT2D eigenvalue weighted by atomic mass is 16.4. The van der Waals surface area contributed by atoms with E-state index in [2.05, 4.69) is 31.2 Å². The van der Waals surface area contributed by atoms with Crippen LogP contribution in [0.25, 0.3) is 0 Å². The second kappa shape index (κ2) is 6.16. The number of hydrogen-bond donors (Lipinski definition) is 3.